The molecule has 0 bridgehead atoms. The van der Waals surface area contributed by atoms with Crippen LogP contribution >= 0.6 is 0 Å². The van der Waals surface area contributed by atoms with Crippen molar-refractivity contribution in [2.24, 2.45) is 5.73 Å². The molecule has 27 heavy (non-hydrogen) atoms. The number of fused-ring (bicyclic) bond motifs is 1. The van der Waals surface area contributed by atoms with Gasteiger partial charge < -0.3 is 19.6 Å². The summed E-state index contributed by atoms with van der Waals surface area (Å²) in [6, 6.07) is 15.3. The molecule has 2 aromatic carbocycles. The Kier molecular flexibility index (Phi) is 5.88. The second kappa shape index (κ2) is 8.51. The van der Waals surface area contributed by atoms with Crippen molar-refractivity contribution in [2.75, 3.05) is 7.11 Å². The van der Waals surface area contributed by atoms with Crippen LogP contribution in [0.4, 0.5) is 0 Å². The first kappa shape index (κ1) is 18.7. The molecule has 0 saturated carbocycles. The zero-order chi connectivity index (χ0) is 19.2. The van der Waals surface area contributed by atoms with Gasteiger partial charge in [0.2, 0.25) is 0 Å². The number of hydrogen-bond acceptors (Lipinski definition) is 6. The molecule has 0 unspecified atom stereocenters. The summed E-state index contributed by atoms with van der Waals surface area (Å²) in [5.41, 5.74) is 7.62. The Morgan fingerprint density at radius 1 is 1.15 bits per heavy atom. The van der Waals surface area contributed by atoms with E-state index in [9.17, 15) is 9.59 Å². The summed E-state index contributed by atoms with van der Waals surface area (Å²) in [7, 11) is 1.54. The predicted octanol–water partition coefficient (Wildman–Crippen LogP) is 2.80. The Bertz CT molecular complexity index is 981. The van der Waals surface area contributed by atoms with Crippen LogP contribution in [0.2, 0.25) is 0 Å². The van der Waals surface area contributed by atoms with Crippen molar-refractivity contribution < 1.29 is 18.7 Å². The van der Waals surface area contributed by atoms with Gasteiger partial charge in [0.05, 0.1) is 7.11 Å². The average Bonchev–Trinajstić information content (AvgIpc) is 2.70. The van der Waals surface area contributed by atoms with Crippen molar-refractivity contribution in [1.82, 2.24) is 0 Å². The van der Waals surface area contributed by atoms with Gasteiger partial charge >= 0.3 is 11.6 Å². The first-order chi connectivity index (χ1) is 13.1. The van der Waals surface area contributed by atoms with Crippen LogP contribution in [-0.4, -0.2) is 19.1 Å². The number of carbonyl (C=O) groups excluding carboxylic acids is 1. The molecule has 0 aliphatic carbocycles. The maximum Gasteiger partial charge on any atom is 0.336 e. The van der Waals surface area contributed by atoms with Crippen LogP contribution in [0.15, 0.2) is 63.8 Å². The minimum absolute atomic E-state index is 0.186. The van der Waals surface area contributed by atoms with Crippen LogP contribution in [-0.2, 0) is 22.6 Å². The molecule has 1 heterocycles. The smallest absolute Gasteiger partial charge is 0.336 e. The fourth-order valence-electron chi connectivity index (χ4n) is 2.81. The fraction of sp³-hybridized carbons (Fsp3) is 0.238. The second-order valence-corrected chi connectivity index (χ2v) is 6.19. The van der Waals surface area contributed by atoms with Crippen LogP contribution in [0.25, 0.3) is 11.0 Å². The molecule has 0 aliphatic heterocycles. The lowest BCUT2D eigenvalue weighted by atomic mass is 10.0. The van der Waals surface area contributed by atoms with Gasteiger partial charge in [0.1, 0.15) is 24.0 Å². The van der Waals surface area contributed by atoms with Gasteiger partial charge in [0, 0.05) is 17.5 Å². The van der Waals surface area contributed by atoms with Crippen LogP contribution in [0.1, 0.15) is 17.5 Å². The van der Waals surface area contributed by atoms with Crippen LogP contribution in [0.3, 0.4) is 0 Å². The number of hydrogen-bond donors (Lipinski definition) is 1. The number of ether oxygens (including phenoxy) is 2. The number of rotatable bonds is 7. The van der Waals surface area contributed by atoms with Crippen molar-refractivity contribution >= 4 is 16.9 Å². The normalized spacial score (nSPS) is 11.9. The number of benzene rings is 2. The summed E-state index contributed by atoms with van der Waals surface area (Å²) in [4.78, 5) is 23.9. The molecular weight excluding hydrogens is 346 g/mol. The SMILES string of the molecule is COc1ccc2c(CC[C@H](N)C(=O)OCc3ccccc3)cc(=O)oc2c1. The van der Waals surface area contributed by atoms with E-state index in [1.165, 1.54) is 6.07 Å². The molecule has 0 aliphatic rings. The van der Waals surface area contributed by atoms with Gasteiger partial charge in [-0.3, -0.25) is 4.79 Å². The van der Waals surface area contributed by atoms with E-state index in [-0.39, 0.29) is 6.61 Å². The van der Waals surface area contributed by atoms with Gasteiger partial charge in [-0.15, -0.1) is 0 Å². The molecule has 1 aromatic heterocycles. The molecule has 2 N–H and O–H groups in total. The molecule has 3 rings (SSSR count). The molecule has 1 atom stereocenters. The topological polar surface area (TPSA) is 91.8 Å². The minimum Gasteiger partial charge on any atom is -0.497 e. The summed E-state index contributed by atoms with van der Waals surface area (Å²) in [6.45, 7) is 0.186. The van der Waals surface area contributed by atoms with Gasteiger partial charge in [-0.1, -0.05) is 30.3 Å². The van der Waals surface area contributed by atoms with E-state index in [0.29, 0.717) is 24.2 Å². The van der Waals surface area contributed by atoms with Crippen molar-refractivity contribution in [2.45, 2.75) is 25.5 Å². The lowest BCUT2D eigenvalue weighted by molar-refractivity contribution is -0.146. The number of nitrogens with two attached hydrogens (primary N) is 1. The minimum atomic E-state index is -0.769. The van der Waals surface area contributed by atoms with E-state index >= 15 is 0 Å². The molecular formula is C21H21NO5. The summed E-state index contributed by atoms with van der Waals surface area (Å²) in [5.74, 6) is 0.136. The third-order valence-corrected chi connectivity index (χ3v) is 4.29. The maximum absolute atomic E-state index is 12.1. The van der Waals surface area contributed by atoms with E-state index in [4.69, 9.17) is 19.6 Å². The number of aryl methyl sites for hydroxylation is 1. The molecule has 3 aromatic rings. The predicted molar refractivity (Wildman–Crippen MR) is 102 cm³/mol. The van der Waals surface area contributed by atoms with E-state index < -0.39 is 17.6 Å². The van der Waals surface area contributed by atoms with Gasteiger partial charge in [0.25, 0.3) is 0 Å². The molecule has 140 valence electrons. The Balaban J connectivity index is 1.65. The molecule has 6 nitrogen and oxygen atoms in total. The van der Waals surface area contributed by atoms with Crippen molar-refractivity contribution in [3.05, 3.63) is 76.1 Å². The highest BCUT2D eigenvalue weighted by atomic mass is 16.5. The van der Waals surface area contributed by atoms with E-state index in [2.05, 4.69) is 0 Å². The lowest BCUT2D eigenvalue weighted by Crippen LogP contribution is -2.32. The molecule has 0 saturated heterocycles. The Morgan fingerprint density at radius 3 is 2.67 bits per heavy atom. The first-order valence-corrected chi connectivity index (χ1v) is 8.64. The zero-order valence-corrected chi connectivity index (χ0v) is 15.0. The van der Waals surface area contributed by atoms with Crippen LogP contribution in [0.5, 0.6) is 5.75 Å². The third kappa shape index (κ3) is 4.74. The lowest BCUT2D eigenvalue weighted by Gasteiger charge is -2.12. The van der Waals surface area contributed by atoms with E-state index in [1.807, 2.05) is 36.4 Å². The highest BCUT2D eigenvalue weighted by molar-refractivity contribution is 5.81. The number of methoxy groups -OCH3 is 1. The van der Waals surface area contributed by atoms with Gasteiger partial charge in [-0.25, -0.2) is 4.79 Å². The largest absolute Gasteiger partial charge is 0.497 e. The van der Waals surface area contributed by atoms with Crippen LogP contribution in [0, 0.1) is 0 Å². The third-order valence-electron chi connectivity index (χ3n) is 4.29. The summed E-state index contributed by atoms with van der Waals surface area (Å²) in [5, 5.41) is 0.792. The Morgan fingerprint density at radius 2 is 1.93 bits per heavy atom. The van der Waals surface area contributed by atoms with Gasteiger partial charge in [-0.2, -0.15) is 0 Å². The van der Waals surface area contributed by atoms with Gasteiger partial charge in [-0.05, 0) is 36.1 Å². The summed E-state index contributed by atoms with van der Waals surface area (Å²) >= 11 is 0. The Labute approximate surface area is 156 Å². The summed E-state index contributed by atoms with van der Waals surface area (Å²) in [6.07, 6.45) is 0.814. The molecule has 0 spiro atoms. The molecule has 0 radical (unpaired) electrons. The van der Waals surface area contributed by atoms with E-state index in [0.717, 1.165) is 16.5 Å². The monoisotopic (exact) mass is 367 g/mol. The summed E-state index contributed by atoms with van der Waals surface area (Å²) < 4.78 is 15.6. The highest BCUT2D eigenvalue weighted by Gasteiger charge is 2.16. The zero-order valence-electron chi connectivity index (χ0n) is 15.0. The first-order valence-electron chi connectivity index (χ1n) is 8.64. The second-order valence-electron chi connectivity index (χ2n) is 6.19. The quantitative estimate of drug-likeness (QED) is 0.510. The number of esters is 1. The number of carbonyl (C=O) groups is 1. The molecule has 6 heteroatoms. The van der Waals surface area contributed by atoms with Crippen molar-refractivity contribution in [3.63, 3.8) is 0 Å². The Hall–Kier alpha value is -3.12. The van der Waals surface area contributed by atoms with Crippen LogP contribution < -0.4 is 16.1 Å². The van der Waals surface area contributed by atoms with Crippen molar-refractivity contribution in [1.29, 1.82) is 0 Å². The van der Waals surface area contributed by atoms with Gasteiger partial charge in [0.15, 0.2) is 0 Å². The standard InChI is InChI=1S/C21H21NO5/c1-25-16-8-9-17-15(11-20(23)27-19(17)12-16)7-10-18(22)21(24)26-13-14-5-3-2-4-6-14/h2-6,8-9,11-12,18H,7,10,13,22H2,1H3/t18-/m0/s1. The maximum atomic E-state index is 12.1. The molecule has 0 amide bonds. The highest BCUT2D eigenvalue weighted by Crippen LogP contribution is 2.23. The fourth-order valence-corrected chi connectivity index (χ4v) is 2.81. The van der Waals surface area contributed by atoms with Crippen molar-refractivity contribution in [3.8, 4) is 5.75 Å². The molecule has 0 fully saturated rings. The van der Waals surface area contributed by atoms with E-state index in [1.54, 1.807) is 19.2 Å². The average molecular weight is 367 g/mol.